The average molecular weight is 280 g/mol. The SMILES string of the molecule is CCNc1cc(NC(C)C(CC)CC)nc(COC)n1. The van der Waals surface area contributed by atoms with E-state index < -0.39 is 0 Å². The van der Waals surface area contributed by atoms with Crippen LogP contribution in [0, 0.1) is 5.92 Å². The van der Waals surface area contributed by atoms with E-state index in [1.807, 2.05) is 6.07 Å². The monoisotopic (exact) mass is 280 g/mol. The Bertz CT molecular complexity index is 369. The Morgan fingerprint density at radius 2 is 1.80 bits per heavy atom. The number of nitrogens with one attached hydrogen (secondary N) is 2. The molecule has 0 aliphatic rings. The van der Waals surface area contributed by atoms with Gasteiger partial charge in [-0.2, -0.15) is 0 Å². The lowest BCUT2D eigenvalue weighted by atomic mass is 9.95. The van der Waals surface area contributed by atoms with Crippen LogP contribution < -0.4 is 10.6 Å². The smallest absolute Gasteiger partial charge is 0.158 e. The summed E-state index contributed by atoms with van der Waals surface area (Å²) in [7, 11) is 1.66. The first kappa shape index (κ1) is 16.7. The highest BCUT2D eigenvalue weighted by Gasteiger charge is 2.14. The molecule has 1 unspecified atom stereocenters. The number of rotatable bonds is 9. The number of anilines is 2. The highest BCUT2D eigenvalue weighted by molar-refractivity contribution is 5.48. The van der Waals surface area contributed by atoms with Gasteiger partial charge in [-0.05, 0) is 19.8 Å². The second-order valence-corrected chi connectivity index (χ2v) is 5.03. The molecule has 114 valence electrons. The van der Waals surface area contributed by atoms with Gasteiger partial charge in [0.15, 0.2) is 5.82 Å². The average Bonchev–Trinajstić information content (AvgIpc) is 2.40. The molecule has 0 aliphatic heterocycles. The van der Waals surface area contributed by atoms with Gasteiger partial charge in [-0.1, -0.05) is 26.7 Å². The lowest BCUT2D eigenvalue weighted by molar-refractivity contribution is 0.178. The molecule has 1 heterocycles. The van der Waals surface area contributed by atoms with Crippen LogP contribution in [0.3, 0.4) is 0 Å². The fraction of sp³-hybridized carbons (Fsp3) is 0.733. The second kappa shape index (κ2) is 8.74. The molecule has 0 aromatic carbocycles. The van der Waals surface area contributed by atoms with Crippen molar-refractivity contribution in [2.75, 3.05) is 24.3 Å². The predicted octanol–water partition coefficient (Wildman–Crippen LogP) is 3.29. The fourth-order valence-electron chi connectivity index (χ4n) is 2.38. The lowest BCUT2D eigenvalue weighted by Gasteiger charge is -2.23. The molecule has 0 bridgehead atoms. The molecule has 0 saturated carbocycles. The molecule has 1 aromatic heterocycles. The standard InChI is InChI=1S/C15H28N4O/c1-6-12(7-2)11(4)17-14-9-13(16-8-3)18-15(19-14)10-20-5/h9,11-12H,6-8,10H2,1-5H3,(H2,16,17,18,19). The van der Waals surface area contributed by atoms with E-state index in [0.717, 1.165) is 18.2 Å². The number of hydrogen-bond donors (Lipinski definition) is 2. The summed E-state index contributed by atoms with van der Waals surface area (Å²) in [5, 5.41) is 6.73. The zero-order chi connectivity index (χ0) is 15.0. The van der Waals surface area contributed by atoms with Crippen molar-refractivity contribution in [2.45, 2.75) is 53.2 Å². The van der Waals surface area contributed by atoms with Crippen molar-refractivity contribution in [2.24, 2.45) is 5.92 Å². The zero-order valence-electron chi connectivity index (χ0n) is 13.4. The predicted molar refractivity (Wildman–Crippen MR) is 84.1 cm³/mol. The van der Waals surface area contributed by atoms with E-state index in [1.54, 1.807) is 7.11 Å². The highest BCUT2D eigenvalue weighted by atomic mass is 16.5. The minimum atomic E-state index is 0.393. The third-order valence-electron chi connectivity index (χ3n) is 3.54. The van der Waals surface area contributed by atoms with E-state index in [9.17, 15) is 0 Å². The molecule has 5 heteroatoms. The quantitative estimate of drug-likeness (QED) is 0.727. The summed E-state index contributed by atoms with van der Waals surface area (Å²) in [5.41, 5.74) is 0. The Hall–Kier alpha value is -1.36. The summed E-state index contributed by atoms with van der Waals surface area (Å²) in [6.45, 7) is 9.98. The van der Waals surface area contributed by atoms with Crippen molar-refractivity contribution >= 4 is 11.6 Å². The molecule has 1 rings (SSSR count). The Morgan fingerprint density at radius 3 is 2.35 bits per heavy atom. The van der Waals surface area contributed by atoms with Crippen LogP contribution in [-0.2, 0) is 11.3 Å². The van der Waals surface area contributed by atoms with E-state index in [-0.39, 0.29) is 0 Å². The number of aromatic nitrogens is 2. The van der Waals surface area contributed by atoms with Crippen molar-refractivity contribution in [3.63, 3.8) is 0 Å². The maximum Gasteiger partial charge on any atom is 0.158 e. The zero-order valence-corrected chi connectivity index (χ0v) is 13.4. The first-order valence-electron chi connectivity index (χ1n) is 7.51. The van der Waals surface area contributed by atoms with Gasteiger partial charge in [0.2, 0.25) is 0 Å². The van der Waals surface area contributed by atoms with Gasteiger partial charge in [0.25, 0.3) is 0 Å². The van der Waals surface area contributed by atoms with Gasteiger partial charge in [-0.15, -0.1) is 0 Å². The molecular formula is C15H28N4O. The summed E-state index contributed by atoms with van der Waals surface area (Å²) in [6, 6.07) is 2.35. The molecule has 0 fully saturated rings. The highest BCUT2D eigenvalue weighted by Crippen LogP contribution is 2.19. The van der Waals surface area contributed by atoms with Crippen molar-refractivity contribution in [1.29, 1.82) is 0 Å². The molecule has 20 heavy (non-hydrogen) atoms. The first-order valence-corrected chi connectivity index (χ1v) is 7.51. The number of hydrogen-bond acceptors (Lipinski definition) is 5. The summed E-state index contributed by atoms with van der Waals surface area (Å²) in [5.74, 6) is 3.06. The third-order valence-corrected chi connectivity index (χ3v) is 3.54. The van der Waals surface area contributed by atoms with Crippen molar-refractivity contribution in [1.82, 2.24) is 9.97 Å². The topological polar surface area (TPSA) is 59.1 Å². The number of ether oxygens (including phenoxy) is 1. The minimum Gasteiger partial charge on any atom is -0.377 e. The van der Waals surface area contributed by atoms with E-state index in [0.29, 0.717) is 24.4 Å². The van der Waals surface area contributed by atoms with Gasteiger partial charge < -0.3 is 15.4 Å². The Labute approximate surface area is 122 Å². The van der Waals surface area contributed by atoms with E-state index in [4.69, 9.17) is 4.74 Å². The summed E-state index contributed by atoms with van der Waals surface area (Å²) >= 11 is 0. The molecule has 0 spiro atoms. The maximum atomic E-state index is 5.13. The van der Waals surface area contributed by atoms with Gasteiger partial charge in [-0.25, -0.2) is 9.97 Å². The van der Waals surface area contributed by atoms with Crippen molar-refractivity contribution in [3.8, 4) is 0 Å². The Balaban J connectivity index is 2.86. The summed E-state index contributed by atoms with van der Waals surface area (Å²) < 4.78 is 5.13. The van der Waals surface area contributed by atoms with Gasteiger partial charge >= 0.3 is 0 Å². The van der Waals surface area contributed by atoms with Crippen LogP contribution in [0.4, 0.5) is 11.6 Å². The molecule has 0 saturated heterocycles. The maximum absolute atomic E-state index is 5.13. The van der Waals surface area contributed by atoms with E-state index >= 15 is 0 Å². The van der Waals surface area contributed by atoms with Gasteiger partial charge in [0, 0.05) is 25.8 Å². The number of nitrogens with zero attached hydrogens (tertiary/aromatic N) is 2. The molecule has 0 radical (unpaired) electrons. The van der Waals surface area contributed by atoms with E-state index in [2.05, 4.69) is 48.3 Å². The Kier molecular flexibility index (Phi) is 7.30. The van der Waals surface area contributed by atoms with Crippen LogP contribution in [0.25, 0.3) is 0 Å². The van der Waals surface area contributed by atoms with Crippen LogP contribution in [0.2, 0.25) is 0 Å². The second-order valence-electron chi connectivity index (χ2n) is 5.03. The largest absolute Gasteiger partial charge is 0.377 e. The molecule has 1 atom stereocenters. The molecule has 5 nitrogen and oxygen atoms in total. The summed E-state index contributed by atoms with van der Waals surface area (Å²) in [4.78, 5) is 8.93. The number of methoxy groups -OCH3 is 1. The Morgan fingerprint density at radius 1 is 1.15 bits per heavy atom. The third kappa shape index (κ3) is 4.96. The summed E-state index contributed by atoms with van der Waals surface area (Å²) in [6.07, 6.45) is 2.33. The fourth-order valence-corrected chi connectivity index (χ4v) is 2.38. The van der Waals surface area contributed by atoms with Crippen LogP contribution in [0.1, 0.15) is 46.4 Å². The molecule has 1 aromatic rings. The van der Waals surface area contributed by atoms with Crippen LogP contribution in [-0.4, -0.2) is 29.7 Å². The molecule has 2 N–H and O–H groups in total. The first-order chi connectivity index (χ1) is 9.64. The van der Waals surface area contributed by atoms with Gasteiger partial charge in [0.05, 0.1) is 0 Å². The van der Waals surface area contributed by atoms with Gasteiger partial charge in [0.1, 0.15) is 18.2 Å². The molecule has 0 amide bonds. The van der Waals surface area contributed by atoms with Crippen molar-refractivity contribution in [3.05, 3.63) is 11.9 Å². The molecular weight excluding hydrogens is 252 g/mol. The normalized spacial score (nSPS) is 12.5. The van der Waals surface area contributed by atoms with Crippen LogP contribution >= 0.6 is 0 Å². The van der Waals surface area contributed by atoms with Crippen LogP contribution in [0.5, 0.6) is 0 Å². The van der Waals surface area contributed by atoms with Crippen molar-refractivity contribution < 1.29 is 4.74 Å². The van der Waals surface area contributed by atoms with Crippen LogP contribution in [0.15, 0.2) is 6.07 Å². The van der Waals surface area contributed by atoms with E-state index in [1.165, 1.54) is 12.8 Å². The molecule has 0 aliphatic carbocycles. The van der Waals surface area contributed by atoms with Gasteiger partial charge in [-0.3, -0.25) is 0 Å². The lowest BCUT2D eigenvalue weighted by Crippen LogP contribution is -2.26. The minimum absolute atomic E-state index is 0.393.